The van der Waals surface area contributed by atoms with Crippen molar-refractivity contribution in [3.05, 3.63) is 41.7 Å². The molecule has 0 aliphatic carbocycles. The van der Waals surface area contributed by atoms with Crippen LogP contribution in [0.1, 0.15) is 23.2 Å². The highest BCUT2D eigenvalue weighted by molar-refractivity contribution is 7.22. The molecule has 6 nitrogen and oxygen atoms in total. The molecule has 1 aliphatic rings. The molecule has 2 aromatic heterocycles. The van der Waals surface area contributed by atoms with Gasteiger partial charge in [-0.25, -0.2) is 13.8 Å². The van der Waals surface area contributed by atoms with E-state index in [-0.39, 0.29) is 17.5 Å². The van der Waals surface area contributed by atoms with Crippen LogP contribution in [-0.4, -0.2) is 51.8 Å². The number of nitrogens with zero attached hydrogens (tertiary/aromatic N) is 5. The van der Waals surface area contributed by atoms with Crippen molar-refractivity contribution in [3.63, 3.8) is 0 Å². The normalized spacial score (nSPS) is 15.5. The van der Waals surface area contributed by atoms with Gasteiger partial charge < -0.3 is 9.80 Å². The van der Waals surface area contributed by atoms with Gasteiger partial charge in [0.15, 0.2) is 10.9 Å². The maximum atomic E-state index is 13.9. The van der Waals surface area contributed by atoms with Crippen LogP contribution in [-0.2, 0) is 7.05 Å². The number of aromatic nitrogens is 3. The van der Waals surface area contributed by atoms with Crippen LogP contribution < -0.4 is 4.90 Å². The predicted molar refractivity (Wildman–Crippen MR) is 100 cm³/mol. The number of fused-ring (bicyclic) bond motifs is 1. The number of carbonyl (C=O) groups is 1. The third-order valence-electron chi connectivity index (χ3n) is 4.96. The Labute approximate surface area is 159 Å². The zero-order valence-corrected chi connectivity index (χ0v) is 15.8. The lowest BCUT2D eigenvalue weighted by Gasteiger charge is -2.36. The molecule has 0 N–H and O–H groups in total. The minimum atomic E-state index is -0.635. The fourth-order valence-corrected chi connectivity index (χ4v) is 4.48. The molecule has 3 heterocycles. The highest BCUT2D eigenvalue weighted by Crippen LogP contribution is 2.33. The average molecular weight is 391 g/mol. The number of rotatable bonds is 3. The summed E-state index contributed by atoms with van der Waals surface area (Å²) in [6.07, 6.45) is 4.86. The maximum absolute atomic E-state index is 13.9. The van der Waals surface area contributed by atoms with Crippen molar-refractivity contribution in [1.29, 1.82) is 0 Å². The quantitative estimate of drug-likeness (QED) is 0.689. The van der Waals surface area contributed by atoms with E-state index < -0.39 is 11.6 Å². The summed E-state index contributed by atoms with van der Waals surface area (Å²) in [6, 6.07) is 2.29. The molecule has 1 aromatic carbocycles. The van der Waals surface area contributed by atoms with Crippen LogP contribution in [0.25, 0.3) is 10.2 Å². The number of piperidine rings is 1. The van der Waals surface area contributed by atoms with E-state index in [9.17, 15) is 13.6 Å². The van der Waals surface area contributed by atoms with Gasteiger partial charge in [0.1, 0.15) is 11.3 Å². The summed E-state index contributed by atoms with van der Waals surface area (Å²) in [5, 5.41) is 4.74. The Balaban J connectivity index is 1.44. The van der Waals surface area contributed by atoms with Gasteiger partial charge in [0.25, 0.3) is 5.91 Å². The third kappa shape index (κ3) is 3.39. The van der Waals surface area contributed by atoms with E-state index in [1.807, 2.05) is 7.05 Å². The molecule has 9 heteroatoms. The standard InChI is InChI=1S/C18H19F2N5OS/c1-23-10-11(9-21-23)17(26)24(2)13-3-5-25(6-4-13)18-22-16-14(20)7-12(19)8-15(16)27-18/h7-10,13H,3-6H2,1-2H3. The number of halogens is 2. The van der Waals surface area contributed by atoms with Crippen LogP contribution in [0, 0.1) is 11.6 Å². The molecule has 1 amide bonds. The van der Waals surface area contributed by atoms with Crippen molar-refractivity contribution in [2.24, 2.45) is 7.05 Å². The summed E-state index contributed by atoms with van der Waals surface area (Å²) in [4.78, 5) is 20.7. The molecule has 3 aromatic rings. The minimum absolute atomic E-state index is 0.0425. The zero-order chi connectivity index (χ0) is 19.1. The topological polar surface area (TPSA) is 54.3 Å². The van der Waals surface area contributed by atoms with Gasteiger partial charge in [0.05, 0.1) is 16.5 Å². The van der Waals surface area contributed by atoms with Gasteiger partial charge in [-0.05, 0) is 18.9 Å². The van der Waals surface area contributed by atoms with Crippen molar-refractivity contribution < 1.29 is 13.6 Å². The van der Waals surface area contributed by atoms with E-state index in [4.69, 9.17) is 0 Å². The number of hydrogen-bond acceptors (Lipinski definition) is 5. The van der Waals surface area contributed by atoms with E-state index in [0.717, 1.165) is 18.9 Å². The van der Waals surface area contributed by atoms with E-state index in [2.05, 4.69) is 15.0 Å². The Morgan fingerprint density at radius 2 is 2.04 bits per heavy atom. The lowest BCUT2D eigenvalue weighted by molar-refractivity contribution is 0.0709. The predicted octanol–water partition coefficient (Wildman–Crippen LogP) is 3.05. The minimum Gasteiger partial charge on any atom is -0.348 e. The Hall–Kier alpha value is -2.55. The second-order valence-electron chi connectivity index (χ2n) is 6.77. The van der Waals surface area contributed by atoms with Crippen LogP contribution >= 0.6 is 11.3 Å². The summed E-state index contributed by atoms with van der Waals surface area (Å²) in [7, 11) is 3.59. The summed E-state index contributed by atoms with van der Waals surface area (Å²) >= 11 is 1.29. The highest BCUT2D eigenvalue weighted by atomic mass is 32.1. The monoisotopic (exact) mass is 391 g/mol. The van der Waals surface area contributed by atoms with Crippen LogP contribution in [0.5, 0.6) is 0 Å². The molecule has 0 unspecified atom stereocenters. The van der Waals surface area contributed by atoms with Crippen molar-refractivity contribution in [1.82, 2.24) is 19.7 Å². The first kappa shape index (κ1) is 17.8. The summed E-state index contributed by atoms with van der Waals surface area (Å²) < 4.78 is 29.4. The van der Waals surface area contributed by atoms with Crippen LogP contribution in [0.4, 0.5) is 13.9 Å². The maximum Gasteiger partial charge on any atom is 0.257 e. The van der Waals surface area contributed by atoms with Gasteiger partial charge in [0, 0.05) is 45.5 Å². The number of aryl methyl sites for hydroxylation is 1. The number of hydrogen-bond donors (Lipinski definition) is 0. The second-order valence-corrected chi connectivity index (χ2v) is 7.78. The number of amides is 1. The van der Waals surface area contributed by atoms with E-state index >= 15 is 0 Å². The molecule has 0 saturated carbocycles. The number of carbonyl (C=O) groups excluding carboxylic acids is 1. The Bertz CT molecular complexity index is 993. The second kappa shape index (κ2) is 6.88. The molecule has 0 atom stereocenters. The number of thiazole rings is 1. The average Bonchev–Trinajstić information content (AvgIpc) is 3.27. The first-order valence-electron chi connectivity index (χ1n) is 8.68. The Morgan fingerprint density at radius 1 is 1.30 bits per heavy atom. The van der Waals surface area contributed by atoms with Crippen molar-refractivity contribution in [2.75, 3.05) is 25.0 Å². The molecule has 0 radical (unpaired) electrons. The molecule has 27 heavy (non-hydrogen) atoms. The SMILES string of the molecule is CN(C(=O)c1cnn(C)c1)C1CCN(c2nc3c(F)cc(F)cc3s2)CC1. The van der Waals surface area contributed by atoms with Crippen LogP contribution in [0.15, 0.2) is 24.5 Å². The van der Waals surface area contributed by atoms with Gasteiger partial charge in [-0.2, -0.15) is 5.10 Å². The van der Waals surface area contributed by atoms with Gasteiger partial charge in [-0.15, -0.1) is 0 Å². The number of benzene rings is 1. The van der Waals surface area contributed by atoms with E-state index in [1.54, 1.807) is 29.0 Å². The van der Waals surface area contributed by atoms with Gasteiger partial charge in [-0.3, -0.25) is 9.48 Å². The Morgan fingerprint density at radius 3 is 2.70 bits per heavy atom. The van der Waals surface area contributed by atoms with E-state index in [1.165, 1.54) is 17.4 Å². The fraction of sp³-hybridized carbons (Fsp3) is 0.389. The molecule has 4 rings (SSSR count). The summed E-state index contributed by atoms with van der Waals surface area (Å²) in [6.45, 7) is 1.42. The molecule has 142 valence electrons. The van der Waals surface area contributed by atoms with Gasteiger partial charge in [-0.1, -0.05) is 11.3 Å². The molecule has 1 saturated heterocycles. The summed E-state index contributed by atoms with van der Waals surface area (Å²) in [5.41, 5.74) is 0.786. The molecule has 0 bridgehead atoms. The van der Waals surface area contributed by atoms with Crippen molar-refractivity contribution >= 4 is 32.6 Å². The van der Waals surface area contributed by atoms with Gasteiger partial charge in [0.2, 0.25) is 0 Å². The third-order valence-corrected chi connectivity index (χ3v) is 6.02. The number of anilines is 1. The smallest absolute Gasteiger partial charge is 0.257 e. The van der Waals surface area contributed by atoms with Crippen molar-refractivity contribution in [3.8, 4) is 0 Å². The molecule has 1 aliphatic heterocycles. The first-order valence-corrected chi connectivity index (χ1v) is 9.50. The fourth-order valence-electron chi connectivity index (χ4n) is 3.43. The molecule has 0 spiro atoms. The van der Waals surface area contributed by atoms with Gasteiger partial charge >= 0.3 is 0 Å². The lowest BCUT2D eigenvalue weighted by Crippen LogP contribution is -2.45. The van der Waals surface area contributed by atoms with Crippen LogP contribution in [0.2, 0.25) is 0 Å². The largest absolute Gasteiger partial charge is 0.348 e. The molecular formula is C18H19F2N5OS. The summed E-state index contributed by atoms with van der Waals surface area (Å²) in [5.74, 6) is -1.27. The zero-order valence-electron chi connectivity index (χ0n) is 15.0. The molecule has 1 fully saturated rings. The lowest BCUT2D eigenvalue weighted by atomic mass is 10.0. The van der Waals surface area contributed by atoms with Crippen LogP contribution in [0.3, 0.4) is 0 Å². The van der Waals surface area contributed by atoms with E-state index in [0.29, 0.717) is 28.5 Å². The molecular weight excluding hydrogens is 372 g/mol. The first-order chi connectivity index (χ1) is 12.9. The Kier molecular flexibility index (Phi) is 4.55. The highest BCUT2D eigenvalue weighted by Gasteiger charge is 2.28. The van der Waals surface area contributed by atoms with Crippen molar-refractivity contribution in [2.45, 2.75) is 18.9 Å².